The number of ketones is 1. The number of carbonyl (C=O) groups is 2. The monoisotopic (exact) mass is 336 g/mol. The van der Waals surface area contributed by atoms with Gasteiger partial charge in [0.25, 0.3) is 0 Å². The fraction of sp³-hybridized carbons (Fsp3) is 0.900. The fourth-order valence-electron chi connectivity index (χ4n) is 7.42. The van der Waals surface area contributed by atoms with Gasteiger partial charge >= 0.3 is 0 Å². The molecule has 4 saturated carbocycles. The van der Waals surface area contributed by atoms with E-state index in [0.717, 1.165) is 43.9 Å². The molecule has 4 aliphatic carbocycles. The van der Waals surface area contributed by atoms with Gasteiger partial charge in [0.2, 0.25) is 5.24 Å². The Morgan fingerprint density at radius 3 is 2.48 bits per heavy atom. The van der Waals surface area contributed by atoms with Gasteiger partial charge in [0.15, 0.2) is 0 Å². The first-order chi connectivity index (χ1) is 10.9. The Bertz CT molecular complexity index is 544. The van der Waals surface area contributed by atoms with Crippen LogP contribution in [0.4, 0.5) is 0 Å². The average Bonchev–Trinajstić information content (AvgIpc) is 2.85. The minimum atomic E-state index is -0.100. The van der Waals surface area contributed by atoms with Crippen LogP contribution in [0, 0.1) is 40.4 Å². The summed E-state index contributed by atoms with van der Waals surface area (Å²) in [6, 6.07) is 0. The number of fused-ring (bicyclic) bond motifs is 5. The van der Waals surface area contributed by atoms with Gasteiger partial charge in [0.1, 0.15) is 5.78 Å². The van der Waals surface area contributed by atoms with Gasteiger partial charge in [-0.15, -0.1) is 0 Å². The molecule has 23 heavy (non-hydrogen) atoms. The lowest BCUT2D eigenvalue weighted by Gasteiger charge is -2.60. The molecular weight excluding hydrogens is 308 g/mol. The molecule has 0 amide bonds. The van der Waals surface area contributed by atoms with E-state index in [1.165, 1.54) is 25.7 Å². The number of hydrogen-bond acceptors (Lipinski definition) is 2. The van der Waals surface area contributed by atoms with E-state index >= 15 is 0 Å². The van der Waals surface area contributed by atoms with E-state index < -0.39 is 0 Å². The second-order valence-electron chi connectivity index (χ2n) is 9.38. The zero-order valence-electron chi connectivity index (χ0n) is 14.4. The molecule has 4 rings (SSSR count). The Morgan fingerprint density at radius 1 is 1.00 bits per heavy atom. The van der Waals surface area contributed by atoms with Crippen LogP contribution in [0.5, 0.6) is 0 Å². The molecule has 0 aromatic carbocycles. The van der Waals surface area contributed by atoms with Crippen LogP contribution in [0.3, 0.4) is 0 Å². The summed E-state index contributed by atoms with van der Waals surface area (Å²) in [5.41, 5.74) is 0.495. The fourth-order valence-corrected chi connectivity index (χ4v) is 7.78. The highest BCUT2D eigenvalue weighted by atomic mass is 35.5. The first-order valence-corrected chi connectivity index (χ1v) is 9.95. The highest BCUT2D eigenvalue weighted by Crippen LogP contribution is 2.67. The van der Waals surface area contributed by atoms with Crippen LogP contribution in [0.15, 0.2) is 0 Å². The molecule has 0 saturated heterocycles. The average molecular weight is 337 g/mol. The van der Waals surface area contributed by atoms with Gasteiger partial charge in [-0.1, -0.05) is 13.8 Å². The minimum Gasteiger partial charge on any atom is -0.300 e. The highest BCUT2D eigenvalue weighted by molar-refractivity contribution is 6.64. The molecule has 2 nitrogen and oxygen atoms in total. The van der Waals surface area contributed by atoms with E-state index in [0.29, 0.717) is 23.0 Å². The van der Waals surface area contributed by atoms with Crippen LogP contribution < -0.4 is 0 Å². The second-order valence-corrected chi connectivity index (χ2v) is 9.75. The SMILES string of the molecule is C[C@]12CCC(=O)C[C@@H]1CC[C@@H]1[C@@H]2CC[C@]2(C)[C@@H](C(=O)Cl)CC[C@@H]12. The number of carbonyl (C=O) groups excluding carboxylic acids is 2. The molecule has 0 aromatic rings. The van der Waals surface area contributed by atoms with Crippen LogP contribution in [0.25, 0.3) is 0 Å². The van der Waals surface area contributed by atoms with Crippen molar-refractivity contribution in [3.05, 3.63) is 0 Å². The van der Waals surface area contributed by atoms with Crippen molar-refractivity contribution in [3.8, 4) is 0 Å². The topological polar surface area (TPSA) is 34.1 Å². The van der Waals surface area contributed by atoms with Crippen molar-refractivity contribution in [2.24, 2.45) is 40.4 Å². The summed E-state index contributed by atoms with van der Waals surface area (Å²) in [6.45, 7) is 4.81. The summed E-state index contributed by atoms with van der Waals surface area (Å²) in [5, 5.41) is -0.100. The number of rotatable bonds is 1. The smallest absolute Gasteiger partial charge is 0.225 e. The lowest BCUT2D eigenvalue weighted by molar-refractivity contribution is -0.141. The molecule has 0 bridgehead atoms. The normalized spacial score (nSPS) is 52.5. The number of Topliss-reactive ketones (excluding diaryl/α,β-unsaturated/α-hetero) is 1. The van der Waals surface area contributed by atoms with Crippen LogP contribution in [0.1, 0.15) is 71.6 Å². The van der Waals surface area contributed by atoms with Crippen molar-refractivity contribution in [1.29, 1.82) is 0 Å². The Morgan fingerprint density at radius 2 is 1.74 bits per heavy atom. The molecule has 0 aliphatic heterocycles. The molecule has 0 spiro atoms. The standard InChI is InChI=1S/C20H29ClO2/c1-19-9-7-13(22)11-12(19)3-4-14-15-5-6-17(18(21)23)20(15,2)10-8-16(14)19/h12,14-17H,3-11H2,1-2H3/t12-,14-,15-,16-,17+,19-,20-/m0/s1. The molecule has 0 aromatic heterocycles. The molecule has 7 atom stereocenters. The zero-order chi connectivity index (χ0) is 16.4. The van der Waals surface area contributed by atoms with Gasteiger partial charge in [0, 0.05) is 18.8 Å². The van der Waals surface area contributed by atoms with Gasteiger partial charge in [-0.3, -0.25) is 9.59 Å². The van der Waals surface area contributed by atoms with Crippen LogP contribution in [-0.4, -0.2) is 11.0 Å². The minimum absolute atomic E-state index is 0.0774. The van der Waals surface area contributed by atoms with E-state index in [1.807, 2.05) is 0 Å². The van der Waals surface area contributed by atoms with Crippen LogP contribution in [0.2, 0.25) is 0 Å². The highest BCUT2D eigenvalue weighted by Gasteiger charge is 2.61. The lowest BCUT2D eigenvalue weighted by Crippen LogP contribution is -2.53. The van der Waals surface area contributed by atoms with Gasteiger partial charge in [0.05, 0.1) is 0 Å². The van der Waals surface area contributed by atoms with Crippen molar-refractivity contribution in [2.45, 2.75) is 71.6 Å². The first-order valence-electron chi connectivity index (χ1n) is 9.57. The molecule has 0 N–H and O–H groups in total. The number of halogens is 1. The molecule has 4 fully saturated rings. The van der Waals surface area contributed by atoms with Crippen molar-refractivity contribution < 1.29 is 9.59 Å². The molecular formula is C20H29ClO2. The maximum absolute atomic E-state index is 11.9. The van der Waals surface area contributed by atoms with Gasteiger partial charge in [-0.25, -0.2) is 0 Å². The zero-order valence-corrected chi connectivity index (χ0v) is 15.2. The quantitative estimate of drug-likeness (QED) is 0.633. The summed E-state index contributed by atoms with van der Waals surface area (Å²) in [6.07, 6.45) is 9.76. The summed E-state index contributed by atoms with van der Waals surface area (Å²) >= 11 is 5.95. The van der Waals surface area contributed by atoms with Crippen molar-refractivity contribution in [3.63, 3.8) is 0 Å². The first kappa shape index (κ1) is 16.1. The van der Waals surface area contributed by atoms with E-state index in [2.05, 4.69) is 13.8 Å². The Hall–Kier alpha value is -0.370. The molecule has 0 unspecified atom stereocenters. The molecule has 3 heteroatoms. The summed E-state index contributed by atoms with van der Waals surface area (Å²) in [5.74, 6) is 3.36. The van der Waals surface area contributed by atoms with Crippen molar-refractivity contribution in [2.75, 3.05) is 0 Å². The van der Waals surface area contributed by atoms with Crippen LogP contribution >= 0.6 is 11.6 Å². The Kier molecular flexibility index (Phi) is 3.72. The summed E-state index contributed by atoms with van der Waals surface area (Å²) in [4.78, 5) is 23.8. The second kappa shape index (κ2) is 5.31. The summed E-state index contributed by atoms with van der Waals surface area (Å²) < 4.78 is 0. The van der Waals surface area contributed by atoms with Crippen molar-refractivity contribution in [1.82, 2.24) is 0 Å². The lowest BCUT2D eigenvalue weighted by atomic mass is 9.45. The molecule has 0 heterocycles. The molecule has 4 aliphatic rings. The van der Waals surface area contributed by atoms with Gasteiger partial charge in [-0.05, 0) is 91.0 Å². The third-order valence-corrected chi connectivity index (χ3v) is 9.02. The van der Waals surface area contributed by atoms with E-state index in [-0.39, 0.29) is 16.6 Å². The van der Waals surface area contributed by atoms with E-state index in [4.69, 9.17) is 11.6 Å². The predicted octanol–water partition coefficient (Wildman–Crippen LogP) is 4.98. The Labute approximate surface area is 144 Å². The largest absolute Gasteiger partial charge is 0.300 e. The predicted molar refractivity (Wildman–Crippen MR) is 91.1 cm³/mol. The Balaban J connectivity index is 1.63. The molecule has 0 radical (unpaired) electrons. The maximum Gasteiger partial charge on any atom is 0.225 e. The van der Waals surface area contributed by atoms with Gasteiger partial charge in [-0.2, -0.15) is 0 Å². The third kappa shape index (κ3) is 2.19. The maximum atomic E-state index is 11.9. The van der Waals surface area contributed by atoms with E-state index in [9.17, 15) is 9.59 Å². The van der Waals surface area contributed by atoms with Crippen LogP contribution in [-0.2, 0) is 9.59 Å². The van der Waals surface area contributed by atoms with E-state index in [1.54, 1.807) is 0 Å². The van der Waals surface area contributed by atoms with Gasteiger partial charge < -0.3 is 0 Å². The molecule has 128 valence electrons. The third-order valence-electron chi connectivity index (χ3n) is 8.76. The summed E-state index contributed by atoms with van der Waals surface area (Å²) in [7, 11) is 0. The van der Waals surface area contributed by atoms with Crippen molar-refractivity contribution >= 4 is 22.6 Å². The number of hydrogen-bond donors (Lipinski definition) is 0.